The molecule has 0 aromatic carbocycles. The number of alkyl halides is 2. The van der Waals surface area contributed by atoms with Gasteiger partial charge in [-0.2, -0.15) is 0 Å². The maximum absolute atomic E-state index is 15.8. The zero-order chi connectivity index (χ0) is 21.4. The maximum atomic E-state index is 15.8. The zero-order valence-corrected chi connectivity index (χ0v) is 19.0. The molecule has 0 aromatic heterocycles. The van der Waals surface area contributed by atoms with Gasteiger partial charge in [0.15, 0.2) is 0 Å². The van der Waals surface area contributed by atoms with E-state index in [9.17, 15) is 4.79 Å². The van der Waals surface area contributed by atoms with Crippen molar-refractivity contribution in [2.75, 3.05) is 0 Å². The fourth-order valence-electron chi connectivity index (χ4n) is 8.29. The van der Waals surface area contributed by atoms with E-state index in [2.05, 4.69) is 6.92 Å². The largest absolute Gasteiger partial charge is 0.481 e. The van der Waals surface area contributed by atoms with Gasteiger partial charge in [-0.15, -0.1) is 0 Å². The Morgan fingerprint density at radius 2 is 1.72 bits per heavy atom. The Kier molecular flexibility index (Phi) is 6.71. The van der Waals surface area contributed by atoms with Crippen LogP contribution in [0.4, 0.5) is 8.78 Å². The van der Waals surface area contributed by atoms with Crippen molar-refractivity contribution >= 4 is 5.97 Å². The van der Waals surface area contributed by atoms with Crippen LogP contribution in [0.2, 0.25) is 0 Å². The molecule has 0 heterocycles. The Bertz CT molecular complexity index is 591. The van der Waals surface area contributed by atoms with Crippen molar-refractivity contribution in [3.8, 4) is 0 Å². The van der Waals surface area contributed by atoms with E-state index >= 15 is 8.78 Å². The quantitative estimate of drug-likeness (QED) is 0.517. The summed E-state index contributed by atoms with van der Waals surface area (Å²) < 4.78 is 31.5. The van der Waals surface area contributed by atoms with Gasteiger partial charge in [-0.25, -0.2) is 8.78 Å². The topological polar surface area (TPSA) is 37.3 Å². The third kappa shape index (κ3) is 3.65. The summed E-state index contributed by atoms with van der Waals surface area (Å²) in [4.78, 5) is 10.9. The van der Waals surface area contributed by atoms with E-state index in [1.807, 2.05) is 20.8 Å². The fraction of sp³-hybridized carbons (Fsp3) is 0.960. The summed E-state index contributed by atoms with van der Waals surface area (Å²) in [5.41, 5.74) is -0.808. The highest BCUT2D eigenvalue weighted by Gasteiger charge is 2.69. The number of hydrogen-bond donors (Lipinski definition) is 1. The van der Waals surface area contributed by atoms with Gasteiger partial charge in [-0.05, 0) is 86.4 Å². The highest BCUT2D eigenvalue weighted by atomic mass is 19.3. The minimum Gasteiger partial charge on any atom is -0.481 e. The Hall–Kier alpha value is -0.670. The number of carboxylic acid groups (broad SMARTS) is 1. The van der Waals surface area contributed by atoms with Crippen LogP contribution in [-0.4, -0.2) is 17.0 Å². The molecule has 29 heavy (non-hydrogen) atoms. The molecule has 0 amide bonds. The molecule has 6 unspecified atom stereocenters. The highest BCUT2D eigenvalue weighted by Crippen LogP contribution is 2.71. The van der Waals surface area contributed by atoms with Crippen molar-refractivity contribution in [3.05, 3.63) is 0 Å². The van der Waals surface area contributed by atoms with Gasteiger partial charge < -0.3 is 5.11 Å². The summed E-state index contributed by atoms with van der Waals surface area (Å²) in [6, 6.07) is 0. The van der Waals surface area contributed by atoms with Crippen LogP contribution in [0.25, 0.3) is 0 Å². The van der Waals surface area contributed by atoms with Crippen molar-refractivity contribution in [2.24, 2.45) is 40.4 Å². The van der Waals surface area contributed by atoms with Crippen LogP contribution >= 0.6 is 0 Å². The second-order valence-corrected chi connectivity index (χ2v) is 10.7. The smallest absolute Gasteiger partial charge is 0.303 e. The van der Waals surface area contributed by atoms with E-state index in [0.717, 1.165) is 25.7 Å². The first kappa shape index (κ1) is 23.0. The molecule has 2 nitrogen and oxygen atoms in total. The van der Waals surface area contributed by atoms with Gasteiger partial charge in [0.1, 0.15) is 0 Å². The van der Waals surface area contributed by atoms with E-state index in [1.54, 1.807) is 0 Å². The van der Waals surface area contributed by atoms with Gasteiger partial charge in [0, 0.05) is 18.3 Å². The molecule has 0 radical (unpaired) electrons. The van der Waals surface area contributed by atoms with Crippen molar-refractivity contribution < 1.29 is 18.7 Å². The molecule has 0 saturated heterocycles. The molecule has 0 spiro atoms. The summed E-state index contributed by atoms with van der Waals surface area (Å²) in [6.45, 7) is 8.20. The lowest BCUT2D eigenvalue weighted by Gasteiger charge is -2.62. The van der Waals surface area contributed by atoms with Gasteiger partial charge in [0.2, 0.25) is 0 Å². The predicted octanol–water partition coefficient (Wildman–Crippen LogP) is 7.56. The van der Waals surface area contributed by atoms with Crippen molar-refractivity contribution in [1.82, 2.24) is 0 Å². The van der Waals surface area contributed by atoms with E-state index in [1.165, 1.54) is 25.7 Å². The Morgan fingerprint density at radius 3 is 2.41 bits per heavy atom. The molecular weight excluding hydrogens is 370 g/mol. The van der Waals surface area contributed by atoms with Crippen molar-refractivity contribution in [3.63, 3.8) is 0 Å². The van der Waals surface area contributed by atoms with E-state index in [-0.39, 0.29) is 36.0 Å². The van der Waals surface area contributed by atoms with Gasteiger partial charge in [-0.1, -0.05) is 40.5 Å². The van der Waals surface area contributed by atoms with Gasteiger partial charge in [-0.3, -0.25) is 4.79 Å². The first-order valence-electron chi connectivity index (χ1n) is 12.3. The Morgan fingerprint density at radius 1 is 1.00 bits per heavy atom. The lowest BCUT2D eigenvalue weighted by molar-refractivity contribution is -0.240. The molecule has 4 aliphatic carbocycles. The number of carboxylic acids is 1. The summed E-state index contributed by atoms with van der Waals surface area (Å²) >= 11 is 0. The number of fused-ring (bicyclic) bond motifs is 5. The highest BCUT2D eigenvalue weighted by molar-refractivity contribution is 5.66. The molecule has 4 saturated carbocycles. The van der Waals surface area contributed by atoms with Crippen LogP contribution in [0, 0.1) is 40.4 Å². The van der Waals surface area contributed by atoms with Crippen LogP contribution in [0.1, 0.15) is 105 Å². The van der Waals surface area contributed by atoms with Crippen molar-refractivity contribution in [1.29, 1.82) is 0 Å². The van der Waals surface area contributed by atoms with Gasteiger partial charge in [0.05, 0.1) is 0 Å². The molecule has 168 valence electrons. The molecule has 0 aliphatic heterocycles. The van der Waals surface area contributed by atoms with Crippen molar-refractivity contribution in [2.45, 2.75) is 111 Å². The standard InChI is InChI=1S/C23H36F2O2.C2H6/c1-21-13-4-3-6-15(21)9-11-17-18-12-10-16(7-5-8-20(26)27)22(18,2)23(24,25)14-19(17)21;1-2/h15-19H,3-14H2,1-2H3,(H,26,27);1-2H3/t15?,16?,17-,18?,19?,21?,22?;/m0./s1. The van der Waals surface area contributed by atoms with E-state index < -0.39 is 17.3 Å². The first-order valence-corrected chi connectivity index (χ1v) is 12.3. The number of halogens is 2. The second kappa shape index (κ2) is 8.46. The van der Waals surface area contributed by atoms with Gasteiger partial charge in [0.25, 0.3) is 5.92 Å². The molecule has 0 bridgehead atoms. The molecule has 4 heteroatoms. The lowest BCUT2D eigenvalue weighted by Crippen LogP contribution is -2.60. The molecule has 1 N–H and O–H groups in total. The predicted molar refractivity (Wildman–Crippen MR) is 113 cm³/mol. The number of carbonyl (C=O) groups is 1. The van der Waals surface area contributed by atoms with Crippen LogP contribution in [0.3, 0.4) is 0 Å². The van der Waals surface area contributed by atoms with E-state index in [4.69, 9.17) is 5.11 Å². The summed E-state index contributed by atoms with van der Waals surface area (Å²) in [5.74, 6) is -2.03. The summed E-state index contributed by atoms with van der Waals surface area (Å²) in [5, 5.41) is 8.93. The average molecular weight is 413 g/mol. The van der Waals surface area contributed by atoms with E-state index in [0.29, 0.717) is 24.7 Å². The first-order chi connectivity index (χ1) is 13.7. The number of hydrogen-bond acceptors (Lipinski definition) is 1. The van der Waals surface area contributed by atoms with Crippen LogP contribution in [-0.2, 0) is 4.79 Å². The second-order valence-electron chi connectivity index (χ2n) is 10.7. The molecule has 4 aliphatic rings. The third-order valence-electron chi connectivity index (χ3n) is 9.83. The number of rotatable bonds is 4. The Labute approximate surface area is 176 Å². The summed E-state index contributed by atoms with van der Waals surface area (Å²) in [7, 11) is 0. The normalized spacial score (nSPS) is 45.2. The van der Waals surface area contributed by atoms with Crippen LogP contribution < -0.4 is 0 Å². The lowest BCUT2D eigenvalue weighted by atomic mass is 9.44. The SMILES string of the molecule is CC.CC12CCCCC1CC[C@@H]1C2CC(F)(F)C2(C)C(CCCC(=O)O)CCC12. The number of aliphatic carboxylic acids is 1. The minimum absolute atomic E-state index is 0.0188. The molecule has 7 atom stereocenters. The zero-order valence-electron chi connectivity index (χ0n) is 19.0. The minimum atomic E-state index is -2.62. The van der Waals surface area contributed by atoms with Gasteiger partial charge >= 0.3 is 5.97 Å². The molecule has 4 rings (SSSR count). The fourth-order valence-corrected chi connectivity index (χ4v) is 8.29. The maximum Gasteiger partial charge on any atom is 0.303 e. The third-order valence-corrected chi connectivity index (χ3v) is 9.83. The Balaban J connectivity index is 0.00000117. The monoisotopic (exact) mass is 412 g/mol. The van der Waals surface area contributed by atoms with Crippen LogP contribution in [0.15, 0.2) is 0 Å². The molecule has 4 fully saturated rings. The molecule has 0 aromatic rings. The van der Waals surface area contributed by atoms with Crippen LogP contribution in [0.5, 0.6) is 0 Å². The summed E-state index contributed by atoms with van der Waals surface area (Å²) in [6.07, 6.45) is 10.4. The molecular formula is C25H42F2O2. The average Bonchev–Trinajstić information content (AvgIpc) is 3.02.